The second-order valence-corrected chi connectivity index (χ2v) is 4.61. The Morgan fingerprint density at radius 1 is 1.10 bits per heavy atom. The number of para-hydroxylation sites is 1. The predicted octanol–water partition coefficient (Wildman–Crippen LogP) is 0.889. The van der Waals surface area contributed by atoms with Gasteiger partial charge in [-0.05, 0) is 12.1 Å². The van der Waals surface area contributed by atoms with E-state index in [2.05, 4.69) is 9.97 Å². The molecular weight excluding hydrogens is 267 g/mol. The monoisotopic (exact) mass is 280 g/mol. The lowest BCUT2D eigenvalue weighted by Gasteiger charge is -2.09. The minimum absolute atomic E-state index is 0.295. The number of hydrogen-bond acceptors (Lipinski definition) is 5. The Hall–Kier alpha value is -2.44. The lowest BCUT2D eigenvalue weighted by Crippen LogP contribution is -2.30. The second-order valence-electron chi connectivity index (χ2n) is 4.61. The molecule has 3 aromatic rings. The van der Waals surface area contributed by atoms with Crippen LogP contribution in [0, 0.1) is 0 Å². The number of pyridine rings is 2. The standard InChI is InChI=1S/C15H13BN2O3/c19-16(20)13-7-14(9-17-8-13)21-10-12-4-1-3-11-5-2-6-18-15(11)12/h1-9,19-20H,10H2. The summed E-state index contributed by atoms with van der Waals surface area (Å²) in [6.45, 7) is 0.334. The van der Waals surface area contributed by atoms with Crippen LogP contribution in [0.25, 0.3) is 10.9 Å². The van der Waals surface area contributed by atoms with E-state index in [9.17, 15) is 0 Å². The molecule has 2 N–H and O–H groups in total. The first-order valence-corrected chi connectivity index (χ1v) is 6.50. The molecule has 0 saturated carbocycles. The summed E-state index contributed by atoms with van der Waals surface area (Å²) in [6, 6.07) is 11.3. The minimum atomic E-state index is -1.56. The number of fused-ring (bicyclic) bond motifs is 1. The second kappa shape index (κ2) is 5.91. The van der Waals surface area contributed by atoms with Crippen LogP contribution in [0.2, 0.25) is 0 Å². The van der Waals surface area contributed by atoms with Gasteiger partial charge >= 0.3 is 7.12 Å². The van der Waals surface area contributed by atoms with E-state index in [-0.39, 0.29) is 0 Å². The Morgan fingerprint density at radius 2 is 1.95 bits per heavy atom. The van der Waals surface area contributed by atoms with Crippen molar-refractivity contribution in [2.45, 2.75) is 6.61 Å². The summed E-state index contributed by atoms with van der Waals surface area (Å²) in [6.07, 6.45) is 4.66. The molecule has 0 bridgehead atoms. The summed E-state index contributed by atoms with van der Waals surface area (Å²) < 4.78 is 5.67. The van der Waals surface area contributed by atoms with Gasteiger partial charge in [-0.3, -0.25) is 9.97 Å². The number of nitrogens with zero attached hydrogens (tertiary/aromatic N) is 2. The van der Waals surface area contributed by atoms with Crippen LogP contribution in [0.5, 0.6) is 5.75 Å². The SMILES string of the molecule is OB(O)c1cncc(OCc2cccc3cccnc23)c1. The maximum atomic E-state index is 9.12. The topological polar surface area (TPSA) is 75.5 Å². The first kappa shape index (κ1) is 13.5. The molecule has 2 aromatic heterocycles. The van der Waals surface area contributed by atoms with E-state index in [1.54, 1.807) is 12.3 Å². The average Bonchev–Trinajstić information content (AvgIpc) is 2.53. The van der Waals surface area contributed by atoms with Gasteiger partial charge in [-0.25, -0.2) is 0 Å². The predicted molar refractivity (Wildman–Crippen MR) is 80.1 cm³/mol. The summed E-state index contributed by atoms with van der Waals surface area (Å²) >= 11 is 0. The zero-order valence-corrected chi connectivity index (χ0v) is 11.2. The van der Waals surface area contributed by atoms with Crippen LogP contribution in [0.3, 0.4) is 0 Å². The van der Waals surface area contributed by atoms with Crippen LogP contribution in [0.15, 0.2) is 55.0 Å². The van der Waals surface area contributed by atoms with Gasteiger partial charge in [0.05, 0.1) is 11.7 Å². The van der Waals surface area contributed by atoms with E-state index in [0.717, 1.165) is 16.5 Å². The molecule has 0 aliphatic heterocycles. The maximum absolute atomic E-state index is 9.12. The fourth-order valence-corrected chi connectivity index (χ4v) is 2.10. The Balaban J connectivity index is 1.82. The van der Waals surface area contributed by atoms with Crippen molar-refractivity contribution < 1.29 is 14.8 Å². The van der Waals surface area contributed by atoms with E-state index < -0.39 is 7.12 Å². The van der Waals surface area contributed by atoms with Crippen molar-refractivity contribution in [3.05, 3.63) is 60.6 Å². The van der Waals surface area contributed by atoms with Gasteiger partial charge in [0.15, 0.2) is 0 Å². The Labute approximate surface area is 122 Å². The zero-order valence-electron chi connectivity index (χ0n) is 11.2. The fourth-order valence-electron chi connectivity index (χ4n) is 2.10. The Bertz CT molecular complexity index is 759. The summed E-state index contributed by atoms with van der Waals surface area (Å²) in [5.41, 5.74) is 2.15. The van der Waals surface area contributed by atoms with Crippen molar-refractivity contribution in [1.82, 2.24) is 9.97 Å². The van der Waals surface area contributed by atoms with Gasteiger partial charge in [-0.1, -0.05) is 24.3 Å². The molecular formula is C15H13BN2O3. The third-order valence-corrected chi connectivity index (χ3v) is 3.14. The highest BCUT2D eigenvalue weighted by molar-refractivity contribution is 6.58. The molecule has 0 saturated heterocycles. The van der Waals surface area contributed by atoms with Gasteiger partial charge in [0.25, 0.3) is 0 Å². The summed E-state index contributed by atoms with van der Waals surface area (Å²) in [5.74, 6) is 0.480. The van der Waals surface area contributed by atoms with Gasteiger partial charge in [-0.2, -0.15) is 0 Å². The smallest absolute Gasteiger partial charge is 0.487 e. The highest BCUT2D eigenvalue weighted by Crippen LogP contribution is 2.18. The molecule has 3 rings (SSSR count). The third-order valence-electron chi connectivity index (χ3n) is 3.14. The minimum Gasteiger partial charge on any atom is -0.487 e. The van der Waals surface area contributed by atoms with Crippen LogP contribution in [0.1, 0.15) is 5.56 Å². The molecule has 0 atom stereocenters. The van der Waals surface area contributed by atoms with Gasteiger partial charge in [0.2, 0.25) is 0 Å². The molecule has 104 valence electrons. The quantitative estimate of drug-likeness (QED) is 0.694. The Kier molecular flexibility index (Phi) is 3.81. The molecule has 2 heterocycles. The van der Waals surface area contributed by atoms with Gasteiger partial charge in [0, 0.05) is 28.8 Å². The molecule has 6 heteroatoms. The van der Waals surface area contributed by atoms with E-state index in [4.69, 9.17) is 14.8 Å². The number of rotatable bonds is 4. The zero-order chi connectivity index (χ0) is 14.7. The molecule has 21 heavy (non-hydrogen) atoms. The van der Waals surface area contributed by atoms with Gasteiger partial charge in [-0.15, -0.1) is 0 Å². The van der Waals surface area contributed by atoms with Crippen molar-refractivity contribution in [2.24, 2.45) is 0 Å². The lowest BCUT2D eigenvalue weighted by atomic mass is 9.82. The van der Waals surface area contributed by atoms with Gasteiger partial charge < -0.3 is 14.8 Å². The third kappa shape index (κ3) is 3.02. The van der Waals surface area contributed by atoms with E-state index >= 15 is 0 Å². The first-order valence-electron chi connectivity index (χ1n) is 6.50. The number of aromatic nitrogens is 2. The van der Waals surface area contributed by atoms with Crippen LogP contribution < -0.4 is 10.2 Å². The molecule has 0 aliphatic rings. The number of benzene rings is 1. The number of ether oxygens (including phenoxy) is 1. The van der Waals surface area contributed by atoms with Crippen LogP contribution >= 0.6 is 0 Å². The number of hydrogen-bond donors (Lipinski definition) is 2. The van der Waals surface area contributed by atoms with Crippen LogP contribution in [-0.2, 0) is 6.61 Å². The Morgan fingerprint density at radius 3 is 2.81 bits per heavy atom. The van der Waals surface area contributed by atoms with Crippen LogP contribution in [0.4, 0.5) is 0 Å². The van der Waals surface area contributed by atoms with Crippen molar-refractivity contribution in [2.75, 3.05) is 0 Å². The molecule has 0 amide bonds. The summed E-state index contributed by atoms with van der Waals surface area (Å²) in [5, 5.41) is 19.3. The molecule has 1 aromatic carbocycles. The highest BCUT2D eigenvalue weighted by Gasteiger charge is 2.12. The summed E-state index contributed by atoms with van der Waals surface area (Å²) in [4.78, 5) is 8.28. The average molecular weight is 280 g/mol. The maximum Gasteiger partial charge on any atom is 0.490 e. The molecule has 0 radical (unpaired) electrons. The van der Waals surface area contributed by atoms with E-state index in [1.807, 2.05) is 30.3 Å². The molecule has 0 spiro atoms. The van der Waals surface area contributed by atoms with Gasteiger partial charge in [0.1, 0.15) is 12.4 Å². The van der Waals surface area contributed by atoms with Crippen LogP contribution in [-0.4, -0.2) is 27.1 Å². The molecule has 5 nitrogen and oxygen atoms in total. The normalized spacial score (nSPS) is 10.6. The first-order chi connectivity index (χ1) is 10.2. The van der Waals surface area contributed by atoms with Crippen molar-refractivity contribution in [3.8, 4) is 5.75 Å². The molecule has 0 fully saturated rings. The van der Waals surface area contributed by atoms with E-state index in [1.165, 1.54) is 12.4 Å². The largest absolute Gasteiger partial charge is 0.490 e. The molecule has 0 aliphatic carbocycles. The van der Waals surface area contributed by atoms with Crippen molar-refractivity contribution in [1.29, 1.82) is 0 Å². The fraction of sp³-hybridized carbons (Fsp3) is 0.0667. The van der Waals surface area contributed by atoms with E-state index in [0.29, 0.717) is 17.8 Å². The van der Waals surface area contributed by atoms with Crippen molar-refractivity contribution in [3.63, 3.8) is 0 Å². The highest BCUT2D eigenvalue weighted by atomic mass is 16.5. The molecule has 0 unspecified atom stereocenters. The lowest BCUT2D eigenvalue weighted by molar-refractivity contribution is 0.306. The van der Waals surface area contributed by atoms with Crippen molar-refractivity contribution >= 4 is 23.5 Å². The summed E-state index contributed by atoms with van der Waals surface area (Å²) in [7, 11) is -1.56.